The molecule has 0 N–H and O–H groups in total. The Morgan fingerprint density at radius 3 is 1.50 bits per heavy atom. The van der Waals surface area contributed by atoms with E-state index in [1.54, 1.807) is 0 Å². The zero-order valence-corrected chi connectivity index (χ0v) is 7.27. The molecule has 0 atom stereocenters. The third-order valence-corrected chi connectivity index (χ3v) is 1.08. The average Bonchev–Trinajstić information content (AvgIpc) is 1.99. The number of diazo groups is 1. The van der Waals surface area contributed by atoms with Gasteiger partial charge < -0.3 is 17.3 Å². The monoisotopic (exact) mass is 246 g/mol. The van der Waals surface area contributed by atoms with Gasteiger partial charge in [-0.05, 0) is 0 Å². The van der Waals surface area contributed by atoms with E-state index in [0.717, 1.165) is 0 Å². The number of hydrogen-bond donors (Lipinski definition) is 0. The first kappa shape index (κ1) is 14.2. The predicted molar refractivity (Wildman–Crippen MR) is 41.2 cm³/mol. The minimum absolute atomic E-state index is 0.429. The molecule has 0 aliphatic heterocycles. The van der Waals surface area contributed by atoms with Crippen LogP contribution in [0.25, 0.3) is 4.98 Å². The van der Waals surface area contributed by atoms with Crippen LogP contribution in [0.4, 0.5) is 36.1 Å². The first-order valence-corrected chi connectivity index (χ1v) is 3.52. The average molecular weight is 246 g/mol. The van der Waals surface area contributed by atoms with Crippen molar-refractivity contribution in [3.8, 4) is 0 Å². The molecule has 0 amide bonds. The molecule has 10 heteroatoms. The second kappa shape index (κ2) is 5.34. The fourth-order valence-electron chi connectivity index (χ4n) is 0.630. The van der Waals surface area contributed by atoms with Crippen molar-refractivity contribution in [3.63, 3.8) is 0 Å². The summed E-state index contributed by atoms with van der Waals surface area (Å²) in [5.41, 5.74) is -0.883. The maximum Gasteiger partial charge on any atom is 0.673 e. The molecule has 0 aliphatic carbocycles. The summed E-state index contributed by atoms with van der Waals surface area (Å²) in [7, 11) is -6.00. The quantitative estimate of drug-likeness (QED) is 0.387. The Kier molecular flexibility index (Phi) is 4.74. The fourth-order valence-corrected chi connectivity index (χ4v) is 0.630. The molecular formula is C6H2BF7N2. The van der Waals surface area contributed by atoms with Gasteiger partial charge in [-0.2, -0.15) is 8.78 Å². The van der Waals surface area contributed by atoms with Crippen LogP contribution in [0.3, 0.4) is 0 Å². The molecule has 0 aromatic heterocycles. The first-order chi connectivity index (χ1) is 7.15. The van der Waals surface area contributed by atoms with E-state index in [2.05, 4.69) is 4.98 Å². The third-order valence-electron chi connectivity index (χ3n) is 1.08. The molecule has 0 aliphatic rings. The van der Waals surface area contributed by atoms with Crippen molar-refractivity contribution in [1.82, 2.24) is 0 Å². The Bertz CT molecular complexity index is 381. The number of benzene rings is 1. The van der Waals surface area contributed by atoms with Gasteiger partial charge in [-0.25, -0.2) is 4.39 Å². The van der Waals surface area contributed by atoms with E-state index in [4.69, 9.17) is 5.39 Å². The molecule has 0 fully saturated rings. The van der Waals surface area contributed by atoms with Crippen molar-refractivity contribution < 1.29 is 30.4 Å². The Labute approximate surface area is 84.4 Å². The summed E-state index contributed by atoms with van der Waals surface area (Å²) in [4.78, 5) is 2.29. The van der Waals surface area contributed by atoms with Gasteiger partial charge in [0.1, 0.15) is 5.82 Å². The van der Waals surface area contributed by atoms with Crippen LogP contribution in [-0.2, 0) is 0 Å². The van der Waals surface area contributed by atoms with Gasteiger partial charge in [0.2, 0.25) is 17.0 Å². The Morgan fingerprint density at radius 2 is 1.25 bits per heavy atom. The molecule has 88 valence electrons. The minimum atomic E-state index is -6.00. The summed E-state index contributed by atoms with van der Waals surface area (Å²) >= 11 is 0. The predicted octanol–water partition coefficient (Wildman–Crippen LogP) is 3.89. The van der Waals surface area contributed by atoms with Crippen LogP contribution in [0, 0.1) is 22.8 Å². The lowest BCUT2D eigenvalue weighted by Gasteiger charge is -1.94. The molecule has 1 aromatic rings. The molecule has 0 saturated carbocycles. The van der Waals surface area contributed by atoms with Crippen molar-refractivity contribution in [2.24, 2.45) is 0 Å². The van der Waals surface area contributed by atoms with Gasteiger partial charge in [-0.3, -0.25) is 0 Å². The van der Waals surface area contributed by atoms with E-state index in [1.165, 1.54) is 0 Å². The third kappa shape index (κ3) is 5.84. The highest BCUT2D eigenvalue weighted by molar-refractivity contribution is 6.50. The molecule has 0 spiro atoms. The smallest absolute Gasteiger partial charge is 0.418 e. The van der Waals surface area contributed by atoms with Crippen LogP contribution in [0.2, 0.25) is 0 Å². The molecule has 1 aromatic carbocycles. The summed E-state index contributed by atoms with van der Waals surface area (Å²) in [6.45, 7) is 0. The topological polar surface area (TPSA) is 28.1 Å². The molecular weight excluding hydrogens is 244 g/mol. The van der Waals surface area contributed by atoms with E-state index in [0.29, 0.717) is 12.1 Å². The SMILES string of the molecule is F[B-](F)(F)F.N#[N+]c1c(F)cc(F)cc1F. The second-order valence-corrected chi connectivity index (χ2v) is 2.31. The first-order valence-electron chi connectivity index (χ1n) is 3.52. The highest BCUT2D eigenvalue weighted by Crippen LogP contribution is 2.22. The van der Waals surface area contributed by atoms with E-state index >= 15 is 0 Å². The summed E-state index contributed by atoms with van der Waals surface area (Å²) in [5.74, 6) is -3.51. The van der Waals surface area contributed by atoms with E-state index in [-0.39, 0.29) is 0 Å². The van der Waals surface area contributed by atoms with Gasteiger partial charge in [0.05, 0.1) is 0 Å². The Balaban J connectivity index is 0.000000385. The van der Waals surface area contributed by atoms with Gasteiger partial charge in [-0.1, -0.05) is 0 Å². The minimum Gasteiger partial charge on any atom is -0.418 e. The summed E-state index contributed by atoms with van der Waals surface area (Å²) in [5, 5.41) is 8.01. The summed E-state index contributed by atoms with van der Waals surface area (Å²) in [6.07, 6.45) is 0. The van der Waals surface area contributed by atoms with Gasteiger partial charge in [0.25, 0.3) is 0 Å². The summed E-state index contributed by atoms with van der Waals surface area (Å²) in [6, 6.07) is 0.857. The lowest BCUT2D eigenvalue weighted by atomic mass is 10.3. The maximum atomic E-state index is 12.4. The summed E-state index contributed by atoms with van der Waals surface area (Å²) < 4.78 is 75.9. The molecule has 0 unspecified atom stereocenters. The van der Waals surface area contributed by atoms with Gasteiger partial charge >= 0.3 is 12.9 Å². The normalized spacial score (nSPS) is 10.1. The van der Waals surface area contributed by atoms with Gasteiger partial charge in [-0.15, -0.1) is 0 Å². The van der Waals surface area contributed by atoms with Crippen LogP contribution >= 0.6 is 0 Å². The Hall–Kier alpha value is -1.79. The molecule has 1 rings (SSSR count). The number of nitrogens with zero attached hydrogens (tertiary/aromatic N) is 2. The van der Waals surface area contributed by atoms with Crippen molar-refractivity contribution in [1.29, 1.82) is 5.39 Å². The standard InChI is InChI=1S/C6H2F3N2.BF4/c7-3-1-4(8)6(11-10)5(9)2-3;2-1(3,4)5/h1-2H;/q+1;-1. The number of hydrogen-bond acceptors (Lipinski definition) is 1. The molecule has 16 heavy (non-hydrogen) atoms. The number of rotatable bonds is 0. The van der Waals surface area contributed by atoms with E-state index in [9.17, 15) is 30.4 Å². The van der Waals surface area contributed by atoms with E-state index < -0.39 is 30.4 Å². The van der Waals surface area contributed by atoms with Crippen LogP contribution in [0.5, 0.6) is 0 Å². The van der Waals surface area contributed by atoms with Crippen molar-refractivity contribution in [3.05, 3.63) is 34.6 Å². The Morgan fingerprint density at radius 1 is 0.938 bits per heavy atom. The van der Waals surface area contributed by atoms with Gasteiger partial charge in [0.15, 0.2) is 4.98 Å². The molecule has 0 saturated heterocycles. The molecule has 0 radical (unpaired) electrons. The molecule has 0 heterocycles. The molecule has 0 bridgehead atoms. The van der Waals surface area contributed by atoms with Gasteiger partial charge in [0, 0.05) is 12.1 Å². The lowest BCUT2D eigenvalue weighted by molar-refractivity contribution is 0.368. The van der Waals surface area contributed by atoms with Crippen molar-refractivity contribution in [2.45, 2.75) is 0 Å². The number of halogens is 7. The van der Waals surface area contributed by atoms with Crippen LogP contribution in [0.1, 0.15) is 0 Å². The molecule has 2 nitrogen and oxygen atoms in total. The van der Waals surface area contributed by atoms with Crippen molar-refractivity contribution in [2.75, 3.05) is 0 Å². The fraction of sp³-hybridized carbons (Fsp3) is 0. The van der Waals surface area contributed by atoms with Crippen LogP contribution in [-0.4, -0.2) is 7.25 Å². The van der Waals surface area contributed by atoms with Crippen LogP contribution in [0.15, 0.2) is 12.1 Å². The largest absolute Gasteiger partial charge is 0.673 e. The maximum absolute atomic E-state index is 12.4. The zero-order valence-electron chi connectivity index (χ0n) is 7.27. The zero-order chi connectivity index (χ0) is 12.9. The lowest BCUT2D eigenvalue weighted by Crippen LogP contribution is -2.02. The second-order valence-electron chi connectivity index (χ2n) is 2.31. The van der Waals surface area contributed by atoms with Crippen LogP contribution < -0.4 is 0 Å². The van der Waals surface area contributed by atoms with E-state index in [1.807, 2.05) is 0 Å². The van der Waals surface area contributed by atoms with Crippen molar-refractivity contribution >= 4 is 12.9 Å². The highest BCUT2D eigenvalue weighted by atomic mass is 19.5. The highest BCUT2D eigenvalue weighted by Gasteiger charge is 2.22.